The van der Waals surface area contributed by atoms with Gasteiger partial charge in [-0.05, 0) is 31.0 Å². The van der Waals surface area contributed by atoms with Gasteiger partial charge in [0.1, 0.15) is 17.1 Å². The molecule has 3 aromatic rings. The van der Waals surface area contributed by atoms with E-state index < -0.39 is 5.92 Å². The summed E-state index contributed by atoms with van der Waals surface area (Å²) in [6.07, 6.45) is 0. The minimum atomic E-state index is -2.93. The van der Waals surface area contributed by atoms with Gasteiger partial charge < -0.3 is 15.3 Å². The van der Waals surface area contributed by atoms with Gasteiger partial charge in [-0.2, -0.15) is 5.10 Å². The Balaban J connectivity index is 1.60. The fourth-order valence-electron chi connectivity index (χ4n) is 4.17. The van der Waals surface area contributed by atoms with Crippen LogP contribution in [0.4, 0.5) is 14.6 Å². The number of halogens is 2. The van der Waals surface area contributed by atoms with Crippen LogP contribution in [0.3, 0.4) is 0 Å². The van der Waals surface area contributed by atoms with Crippen molar-refractivity contribution >= 4 is 11.7 Å². The Kier molecular flexibility index (Phi) is 6.21. The molecule has 174 valence electrons. The number of aryl methyl sites for hydroxylation is 1. The van der Waals surface area contributed by atoms with E-state index in [9.17, 15) is 18.7 Å². The van der Waals surface area contributed by atoms with Crippen molar-refractivity contribution in [1.29, 1.82) is 0 Å². The van der Waals surface area contributed by atoms with Crippen LogP contribution in [0.5, 0.6) is 0 Å². The molecule has 6 nitrogen and oxygen atoms in total. The minimum absolute atomic E-state index is 0.0476. The van der Waals surface area contributed by atoms with Crippen molar-refractivity contribution in [2.75, 3.05) is 11.4 Å². The van der Waals surface area contributed by atoms with Crippen LogP contribution < -0.4 is 10.2 Å². The highest BCUT2D eigenvalue weighted by atomic mass is 19.3. The maximum absolute atomic E-state index is 13.8. The Bertz CT molecular complexity index is 1150. The van der Waals surface area contributed by atoms with Gasteiger partial charge in [-0.15, -0.1) is 0 Å². The highest BCUT2D eigenvalue weighted by Crippen LogP contribution is 2.32. The average Bonchev–Trinajstić information content (AvgIpc) is 3.33. The van der Waals surface area contributed by atoms with Gasteiger partial charge in [0.25, 0.3) is 11.8 Å². The summed E-state index contributed by atoms with van der Waals surface area (Å²) >= 11 is 0. The van der Waals surface area contributed by atoms with E-state index in [-0.39, 0.29) is 24.1 Å². The first-order valence-electron chi connectivity index (χ1n) is 11.0. The zero-order valence-electron chi connectivity index (χ0n) is 19.0. The first kappa shape index (κ1) is 22.9. The molecule has 1 aliphatic heterocycles. The number of anilines is 1. The Labute approximate surface area is 191 Å². The molecule has 0 aliphatic carbocycles. The number of hydrogen-bond acceptors (Lipinski definition) is 4. The number of fused-ring (bicyclic) bond motifs is 1. The summed E-state index contributed by atoms with van der Waals surface area (Å²) in [5.74, 6) is -2.65. The van der Waals surface area contributed by atoms with Crippen LogP contribution in [0.25, 0.3) is 0 Å². The molecule has 0 spiro atoms. The lowest BCUT2D eigenvalue weighted by Crippen LogP contribution is -2.30. The number of aromatic nitrogens is 2. The second-order valence-electron chi connectivity index (χ2n) is 8.64. The second-order valence-corrected chi connectivity index (χ2v) is 8.64. The molecule has 0 bridgehead atoms. The van der Waals surface area contributed by atoms with Gasteiger partial charge in [-0.25, -0.2) is 13.5 Å². The van der Waals surface area contributed by atoms with Crippen LogP contribution in [0.2, 0.25) is 0 Å². The van der Waals surface area contributed by atoms with Gasteiger partial charge in [0, 0.05) is 25.6 Å². The molecular weight excluding hydrogens is 426 g/mol. The first-order valence-corrected chi connectivity index (χ1v) is 11.0. The van der Waals surface area contributed by atoms with E-state index in [1.807, 2.05) is 43.0 Å². The monoisotopic (exact) mass is 454 g/mol. The number of carbonyl (C=O) groups excluding carboxylic acids is 1. The number of carbonyl (C=O) groups is 1. The highest BCUT2D eigenvalue weighted by molar-refractivity contribution is 6.00. The quantitative estimate of drug-likeness (QED) is 0.558. The topological polar surface area (TPSA) is 70.4 Å². The van der Waals surface area contributed by atoms with Crippen LogP contribution >= 0.6 is 0 Å². The fraction of sp³-hybridized carbons (Fsp3) is 0.360. The predicted octanol–water partition coefficient (Wildman–Crippen LogP) is 4.31. The normalized spacial score (nSPS) is 14.3. The maximum Gasteiger partial charge on any atom is 0.270 e. The van der Waals surface area contributed by atoms with Crippen molar-refractivity contribution in [2.24, 2.45) is 0 Å². The third-order valence-corrected chi connectivity index (χ3v) is 5.99. The number of aliphatic hydroxyl groups excluding tert-OH is 1. The lowest BCUT2D eigenvalue weighted by atomic mass is 10.1. The number of hydrogen-bond donors (Lipinski definition) is 2. The van der Waals surface area contributed by atoms with Gasteiger partial charge in [0.2, 0.25) is 0 Å². The molecule has 0 saturated carbocycles. The van der Waals surface area contributed by atoms with E-state index in [0.29, 0.717) is 42.3 Å². The Hall–Kier alpha value is -3.26. The van der Waals surface area contributed by atoms with Crippen molar-refractivity contribution in [3.63, 3.8) is 0 Å². The Morgan fingerprint density at radius 1 is 1.21 bits per heavy atom. The zero-order chi connectivity index (χ0) is 23.8. The molecule has 1 aromatic heterocycles. The largest absolute Gasteiger partial charge is 0.390 e. The average molecular weight is 455 g/mol. The van der Waals surface area contributed by atoms with E-state index in [0.717, 1.165) is 18.1 Å². The standard InChI is InChI=1S/C25H28F2N4O2/c1-16-7-9-19(10-8-16)17(2)28-23(33)22-21(15-32)29-31-12-11-30(24(22)31)14-18-5-4-6-20(13-18)25(3,26)27/h4-10,13,17,32H,11-12,14-15H2,1-3H3,(H,28,33)/t17-/m0/s1. The number of alkyl halides is 2. The molecule has 0 unspecified atom stereocenters. The van der Waals surface area contributed by atoms with Gasteiger partial charge in [-0.1, -0.05) is 48.0 Å². The van der Waals surface area contributed by atoms with E-state index in [2.05, 4.69) is 10.4 Å². The van der Waals surface area contributed by atoms with Crippen molar-refractivity contribution in [1.82, 2.24) is 15.1 Å². The first-order chi connectivity index (χ1) is 15.7. The summed E-state index contributed by atoms with van der Waals surface area (Å²) < 4.78 is 29.3. The molecule has 2 aromatic carbocycles. The third kappa shape index (κ3) is 4.75. The molecule has 0 radical (unpaired) electrons. The highest BCUT2D eigenvalue weighted by Gasteiger charge is 2.32. The van der Waals surface area contributed by atoms with Crippen LogP contribution in [-0.4, -0.2) is 27.3 Å². The molecule has 8 heteroatoms. The SMILES string of the molecule is Cc1ccc([C@H](C)NC(=O)c2c(CO)nn3c2N(Cc2cccc(C(C)(F)F)c2)CC3)cc1. The summed E-state index contributed by atoms with van der Waals surface area (Å²) in [5.41, 5.74) is 3.40. The van der Waals surface area contributed by atoms with Crippen LogP contribution in [0, 0.1) is 6.92 Å². The molecule has 0 fully saturated rings. The van der Waals surface area contributed by atoms with Crippen LogP contribution in [0.15, 0.2) is 48.5 Å². The van der Waals surface area contributed by atoms with Crippen LogP contribution in [0.1, 0.15) is 58.2 Å². The van der Waals surface area contributed by atoms with Crippen molar-refractivity contribution < 1.29 is 18.7 Å². The summed E-state index contributed by atoms with van der Waals surface area (Å²) in [6.45, 7) is 5.91. The lowest BCUT2D eigenvalue weighted by molar-refractivity contribution is 0.0174. The van der Waals surface area contributed by atoms with Crippen molar-refractivity contribution in [2.45, 2.75) is 52.4 Å². The zero-order valence-corrected chi connectivity index (χ0v) is 19.0. The number of nitrogens with one attached hydrogen (secondary N) is 1. The number of aliphatic hydroxyl groups is 1. The van der Waals surface area contributed by atoms with Crippen molar-refractivity contribution in [3.8, 4) is 0 Å². The summed E-state index contributed by atoms with van der Waals surface area (Å²) in [6, 6.07) is 14.0. The fourth-order valence-corrected chi connectivity index (χ4v) is 4.17. The predicted molar refractivity (Wildman–Crippen MR) is 122 cm³/mol. The van der Waals surface area contributed by atoms with Gasteiger partial charge in [-0.3, -0.25) is 4.79 Å². The summed E-state index contributed by atoms with van der Waals surface area (Å²) in [4.78, 5) is 15.2. The molecule has 4 rings (SSSR count). The molecule has 0 saturated heterocycles. The number of benzene rings is 2. The lowest BCUT2D eigenvalue weighted by Gasteiger charge is -2.21. The molecule has 1 atom stereocenters. The van der Waals surface area contributed by atoms with E-state index in [4.69, 9.17) is 0 Å². The molecule has 1 aliphatic rings. The van der Waals surface area contributed by atoms with E-state index >= 15 is 0 Å². The van der Waals surface area contributed by atoms with E-state index in [1.165, 1.54) is 12.1 Å². The summed E-state index contributed by atoms with van der Waals surface area (Å²) in [7, 11) is 0. The smallest absolute Gasteiger partial charge is 0.270 e. The van der Waals surface area contributed by atoms with Crippen LogP contribution in [-0.2, 0) is 25.6 Å². The second kappa shape index (κ2) is 8.94. The van der Waals surface area contributed by atoms with Gasteiger partial charge >= 0.3 is 0 Å². The molecule has 1 amide bonds. The Morgan fingerprint density at radius 3 is 2.61 bits per heavy atom. The molecule has 2 N–H and O–H groups in total. The number of rotatable bonds is 7. The molecule has 2 heterocycles. The molecule has 33 heavy (non-hydrogen) atoms. The minimum Gasteiger partial charge on any atom is -0.390 e. The number of nitrogens with zero attached hydrogens (tertiary/aromatic N) is 3. The Morgan fingerprint density at radius 2 is 1.94 bits per heavy atom. The molecular formula is C25H28F2N4O2. The summed E-state index contributed by atoms with van der Waals surface area (Å²) in [5, 5.41) is 17.3. The maximum atomic E-state index is 13.8. The number of amides is 1. The van der Waals surface area contributed by atoms with Crippen molar-refractivity contribution in [3.05, 3.63) is 82.0 Å². The third-order valence-electron chi connectivity index (χ3n) is 5.99. The van der Waals surface area contributed by atoms with E-state index in [1.54, 1.807) is 16.8 Å². The van der Waals surface area contributed by atoms with Gasteiger partial charge in [0.05, 0.1) is 19.2 Å². The van der Waals surface area contributed by atoms with Gasteiger partial charge in [0.15, 0.2) is 0 Å².